The summed E-state index contributed by atoms with van der Waals surface area (Å²) in [6, 6.07) is 10.6. The molecule has 28 heavy (non-hydrogen) atoms. The molecule has 0 amide bonds. The van der Waals surface area contributed by atoms with Gasteiger partial charge in [-0.1, -0.05) is 23.7 Å². The lowest BCUT2D eigenvalue weighted by atomic mass is 10.2. The highest BCUT2D eigenvalue weighted by Crippen LogP contribution is 2.46. The van der Waals surface area contributed by atoms with E-state index in [1.54, 1.807) is 24.3 Å². The average Bonchev–Trinajstić information content (AvgIpc) is 2.82. The molecule has 0 atom stereocenters. The van der Waals surface area contributed by atoms with Crippen LogP contribution in [0.1, 0.15) is 0 Å². The number of likely N-dealkylation sites (N-methyl/N-ethyl adjacent to an activating group) is 1. The van der Waals surface area contributed by atoms with Crippen LogP contribution in [0, 0.1) is 5.82 Å². The molecule has 6 nitrogen and oxygen atoms in total. The zero-order valence-electron chi connectivity index (χ0n) is 15.5. The Labute approximate surface area is 176 Å². The van der Waals surface area contributed by atoms with Crippen LogP contribution in [-0.4, -0.2) is 53.7 Å². The first kappa shape index (κ1) is 22.7. The van der Waals surface area contributed by atoms with Gasteiger partial charge in [-0.05, 0) is 44.4 Å². The second kappa shape index (κ2) is 9.28. The normalized spacial score (nSPS) is 14.9. The molecule has 1 aliphatic heterocycles. The van der Waals surface area contributed by atoms with E-state index in [9.17, 15) is 12.8 Å². The molecule has 0 radical (unpaired) electrons. The molecule has 0 aliphatic carbocycles. The van der Waals surface area contributed by atoms with E-state index in [0.29, 0.717) is 18.0 Å². The molecule has 10 heteroatoms. The van der Waals surface area contributed by atoms with Crippen molar-refractivity contribution >= 4 is 51.3 Å². The van der Waals surface area contributed by atoms with Gasteiger partial charge in [0.25, 0.3) is 0 Å². The Morgan fingerprint density at radius 2 is 1.75 bits per heavy atom. The molecule has 0 fully saturated rings. The van der Waals surface area contributed by atoms with Crippen molar-refractivity contribution in [1.29, 1.82) is 0 Å². The second-order valence-corrected chi connectivity index (χ2v) is 8.45. The highest BCUT2D eigenvalue weighted by atomic mass is 35.5. The average molecular weight is 450 g/mol. The van der Waals surface area contributed by atoms with Crippen LogP contribution in [0.2, 0.25) is 5.02 Å². The number of nitrogens with zero attached hydrogens (tertiary/aromatic N) is 3. The third-order valence-corrected chi connectivity index (χ3v) is 6.22. The molecule has 0 aromatic heterocycles. The maximum atomic E-state index is 13.4. The van der Waals surface area contributed by atoms with Gasteiger partial charge in [0.1, 0.15) is 5.82 Å². The van der Waals surface area contributed by atoms with Crippen molar-refractivity contribution in [3.8, 4) is 0 Å². The van der Waals surface area contributed by atoms with Crippen molar-refractivity contribution in [3.05, 3.63) is 53.3 Å². The van der Waals surface area contributed by atoms with Gasteiger partial charge < -0.3 is 9.64 Å². The van der Waals surface area contributed by atoms with Gasteiger partial charge in [0.2, 0.25) is 0 Å². The Hall–Kier alpha value is -1.58. The lowest BCUT2D eigenvalue weighted by Crippen LogP contribution is -2.37. The van der Waals surface area contributed by atoms with E-state index < -0.39 is 16.0 Å². The maximum Gasteiger partial charge on any atom is 0.331 e. The molecular weight excluding hydrogens is 428 g/mol. The van der Waals surface area contributed by atoms with Crippen LogP contribution in [0.3, 0.4) is 0 Å². The van der Waals surface area contributed by atoms with Crippen molar-refractivity contribution in [2.45, 2.75) is 0 Å². The molecule has 1 aliphatic rings. The fraction of sp³-hybridized carbons (Fsp3) is 0.333. The molecule has 2 aromatic rings. The third-order valence-electron chi connectivity index (χ3n) is 4.13. The standard InChI is InChI=1S/C18H21ClFN3O3S.ClH/c1-21(2)9-11-26-12-10-22-17-5-3-4-6-18(17)23(27(22,24)25)16-8-7-14(20)13-15(16)19;/h3-8,13H,9-12H2,1-2H3;1H. The molecule has 0 bridgehead atoms. The first-order chi connectivity index (χ1) is 12.8. The highest BCUT2D eigenvalue weighted by molar-refractivity contribution is 7.95. The number of para-hydroxylation sites is 2. The molecule has 2 aromatic carbocycles. The minimum Gasteiger partial charge on any atom is -0.378 e. The SMILES string of the molecule is CN(C)CCOCCN1c2ccccc2N(c2ccc(F)cc2Cl)S1(=O)=O.Cl. The number of hydrogen-bond donors (Lipinski definition) is 0. The van der Waals surface area contributed by atoms with Crippen LogP contribution >= 0.6 is 24.0 Å². The monoisotopic (exact) mass is 449 g/mol. The highest BCUT2D eigenvalue weighted by Gasteiger charge is 2.41. The van der Waals surface area contributed by atoms with Gasteiger partial charge in [-0.15, -0.1) is 12.4 Å². The summed E-state index contributed by atoms with van der Waals surface area (Å²) in [6.45, 7) is 1.69. The molecule has 1 heterocycles. The van der Waals surface area contributed by atoms with Crippen molar-refractivity contribution in [3.63, 3.8) is 0 Å². The molecular formula is C18H22Cl2FN3O3S. The van der Waals surface area contributed by atoms with E-state index in [1.165, 1.54) is 16.4 Å². The quantitative estimate of drug-likeness (QED) is 0.604. The Balaban J connectivity index is 0.00000280. The lowest BCUT2D eigenvalue weighted by Gasteiger charge is -2.22. The van der Waals surface area contributed by atoms with Crippen LogP contribution in [0.4, 0.5) is 21.5 Å². The Bertz CT molecular complexity index is 928. The summed E-state index contributed by atoms with van der Waals surface area (Å²) in [4.78, 5) is 1.99. The largest absolute Gasteiger partial charge is 0.378 e. The van der Waals surface area contributed by atoms with Crippen molar-refractivity contribution in [1.82, 2.24) is 4.90 Å². The fourth-order valence-electron chi connectivity index (χ4n) is 2.83. The summed E-state index contributed by atoms with van der Waals surface area (Å²) in [5, 5.41) is 0.0254. The zero-order valence-corrected chi connectivity index (χ0v) is 17.9. The summed E-state index contributed by atoms with van der Waals surface area (Å²) < 4.78 is 47.8. The number of benzene rings is 2. The van der Waals surface area contributed by atoms with Gasteiger partial charge in [-0.25, -0.2) is 13.0 Å². The van der Waals surface area contributed by atoms with Gasteiger partial charge in [0.05, 0.1) is 41.8 Å². The minimum atomic E-state index is -3.91. The minimum absolute atomic E-state index is 0. The van der Waals surface area contributed by atoms with Gasteiger partial charge >= 0.3 is 10.2 Å². The molecule has 0 spiro atoms. The van der Waals surface area contributed by atoms with Crippen LogP contribution in [0.15, 0.2) is 42.5 Å². The summed E-state index contributed by atoms with van der Waals surface area (Å²) in [6.07, 6.45) is 0. The number of anilines is 3. The third kappa shape index (κ3) is 4.52. The Kier molecular flexibility index (Phi) is 7.52. The van der Waals surface area contributed by atoms with Crippen LogP contribution in [-0.2, 0) is 14.9 Å². The molecule has 0 saturated heterocycles. The van der Waals surface area contributed by atoms with Gasteiger partial charge in [-0.2, -0.15) is 8.42 Å². The predicted molar refractivity (Wildman–Crippen MR) is 113 cm³/mol. The summed E-state index contributed by atoms with van der Waals surface area (Å²) >= 11 is 6.13. The van der Waals surface area contributed by atoms with Crippen molar-refractivity contribution in [2.24, 2.45) is 0 Å². The van der Waals surface area contributed by atoms with Crippen molar-refractivity contribution in [2.75, 3.05) is 49.0 Å². The number of hydrogen-bond acceptors (Lipinski definition) is 4. The van der Waals surface area contributed by atoms with Gasteiger partial charge in [0.15, 0.2) is 0 Å². The van der Waals surface area contributed by atoms with E-state index in [4.69, 9.17) is 16.3 Å². The molecule has 3 rings (SSSR count). The van der Waals surface area contributed by atoms with E-state index in [-0.39, 0.29) is 36.3 Å². The Morgan fingerprint density at radius 1 is 1.07 bits per heavy atom. The predicted octanol–water partition coefficient (Wildman–Crippen LogP) is 3.68. The first-order valence-electron chi connectivity index (χ1n) is 8.42. The zero-order chi connectivity index (χ0) is 19.6. The van der Waals surface area contributed by atoms with Gasteiger partial charge in [-0.3, -0.25) is 0 Å². The first-order valence-corrected chi connectivity index (χ1v) is 10.2. The number of fused-ring (bicyclic) bond motifs is 1. The number of ether oxygens (including phenoxy) is 1. The smallest absolute Gasteiger partial charge is 0.331 e. The van der Waals surface area contributed by atoms with Gasteiger partial charge in [0, 0.05) is 6.54 Å². The molecule has 0 saturated carbocycles. The summed E-state index contributed by atoms with van der Waals surface area (Å²) in [5.41, 5.74) is 1.22. The summed E-state index contributed by atoms with van der Waals surface area (Å²) in [7, 11) is -0.0309. The van der Waals surface area contributed by atoms with Crippen LogP contribution in [0.5, 0.6) is 0 Å². The number of halogens is 3. The lowest BCUT2D eigenvalue weighted by molar-refractivity contribution is 0.124. The van der Waals surface area contributed by atoms with E-state index in [2.05, 4.69) is 0 Å². The van der Waals surface area contributed by atoms with E-state index >= 15 is 0 Å². The Morgan fingerprint density at radius 3 is 2.39 bits per heavy atom. The van der Waals surface area contributed by atoms with E-state index in [0.717, 1.165) is 16.9 Å². The topological polar surface area (TPSA) is 53.1 Å². The molecule has 0 unspecified atom stereocenters. The maximum absolute atomic E-state index is 13.4. The second-order valence-electron chi connectivity index (χ2n) is 6.34. The van der Waals surface area contributed by atoms with Crippen LogP contribution in [0.25, 0.3) is 0 Å². The fourth-order valence-corrected chi connectivity index (χ4v) is 4.84. The van der Waals surface area contributed by atoms with Crippen LogP contribution < -0.4 is 8.61 Å². The molecule has 0 N–H and O–H groups in total. The molecule has 154 valence electrons. The number of rotatable bonds is 7. The summed E-state index contributed by atoms with van der Waals surface area (Å²) in [5.74, 6) is -0.528. The van der Waals surface area contributed by atoms with E-state index in [1.807, 2.05) is 19.0 Å². The van der Waals surface area contributed by atoms with Crippen molar-refractivity contribution < 1.29 is 17.5 Å².